The second-order valence-corrected chi connectivity index (χ2v) is 6.42. The van der Waals surface area contributed by atoms with E-state index in [0.717, 1.165) is 3.57 Å². The van der Waals surface area contributed by atoms with Gasteiger partial charge in [-0.25, -0.2) is 14.5 Å². The van der Waals surface area contributed by atoms with Gasteiger partial charge in [0.15, 0.2) is 0 Å². The molecule has 0 saturated carbocycles. The summed E-state index contributed by atoms with van der Waals surface area (Å²) in [6, 6.07) is 4.58. The molecule has 2 heterocycles. The second kappa shape index (κ2) is 5.84. The molecule has 1 amide bonds. The van der Waals surface area contributed by atoms with E-state index in [-0.39, 0.29) is 22.9 Å². The average Bonchev–Trinajstić information content (AvgIpc) is 2.51. The second-order valence-electron chi connectivity index (χ2n) is 5.17. The van der Waals surface area contributed by atoms with Crippen LogP contribution in [0.5, 0.6) is 0 Å². The Morgan fingerprint density at radius 1 is 1.39 bits per heavy atom. The number of hydrogen-bond donors (Lipinski definition) is 1. The summed E-state index contributed by atoms with van der Waals surface area (Å²) in [5.74, 6) is -1.39. The van der Waals surface area contributed by atoms with Gasteiger partial charge in [0, 0.05) is 10.6 Å². The molecule has 0 saturated heterocycles. The van der Waals surface area contributed by atoms with Gasteiger partial charge in [-0.3, -0.25) is 9.59 Å². The first-order valence-electron chi connectivity index (χ1n) is 6.79. The Hall–Kier alpha value is -2.10. The summed E-state index contributed by atoms with van der Waals surface area (Å²) in [4.78, 5) is 30.2. The molecule has 0 aliphatic carbocycles. The Labute approximate surface area is 144 Å². The number of halogens is 2. The van der Waals surface area contributed by atoms with E-state index in [1.54, 1.807) is 20.0 Å². The molecule has 0 spiro atoms. The molecular formula is C15H12FIN4O2. The maximum atomic E-state index is 14.1. The highest BCUT2D eigenvalue weighted by molar-refractivity contribution is 14.1. The van der Waals surface area contributed by atoms with Crippen LogP contribution in [0.3, 0.4) is 0 Å². The molecule has 118 valence electrons. The number of nitrogens with one attached hydrogen (secondary N) is 1. The van der Waals surface area contributed by atoms with Crippen molar-refractivity contribution in [3.05, 3.63) is 49.7 Å². The molecule has 1 N–H and O–H groups in total. The number of fused-ring (bicyclic) bond motifs is 1. The molecule has 1 unspecified atom stereocenters. The Bertz CT molecular complexity index is 893. The summed E-state index contributed by atoms with van der Waals surface area (Å²) in [6.07, 6.45) is 1.39. The number of benzene rings is 1. The SMILES string of the molecule is CC1C(=O)N(C)c2cn[nH]c(=O)c2C1=Nc1ccc(I)cc1F. The molecule has 1 atom stereocenters. The van der Waals surface area contributed by atoms with E-state index in [9.17, 15) is 14.0 Å². The van der Waals surface area contributed by atoms with Crippen molar-refractivity contribution in [3.8, 4) is 0 Å². The van der Waals surface area contributed by atoms with Crippen LogP contribution >= 0.6 is 22.6 Å². The first kappa shape index (κ1) is 15.8. The number of carbonyl (C=O) groups excluding carboxylic acids is 1. The standard InChI is InChI=1S/C15H12FIN4O2/c1-7-13(19-10-4-3-8(17)5-9(10)16)12-11(21(2)15(7)23)6-18-20-14(12)22/h3-7H,1-2H3,(H,20,22). The van der Waals surface area contributed by atoms with Crippen LogP contribution in [0.25, 0.3) is 0 Å². The van der Waals surface area contributed by atoms with Crippen LogP contribution in [0.15, 0.2) is 34.2 Å². The average molecular weight is 426 g/mol. The van der Waals surface area contributed by atoms with Crippen LogP contribution in [0.1, 0.15) is 12.5 Å². The molecule has 0 fully saturated rings. The van der Waals surface area contributed by atoms with Gasteiger partial charge in [-0.05, 0) is 47.7 Å². The Kier molecular flexibility index (Phi) is 4.00. The number of anilines is 1. The van der Waals surface area contributed by atoms with Crippen molar-refractivity contribution in [1.82, 2.24) is 10.2 Å². The largest absolute Gasteiger partial charge is 0.313 e. The molecule has 23 heavy (non-hydrogen) atoms. The normalized spacial score (nSPS) is 19.1. The Balaban J connectivity index is 2.26. The molecule has 8 heteroatoms. The summed E-state index contributed by atoms with van der Waals surface area (Å²) in [6.45, 7) is 1.64. The highest BCUT2D eigenvalue weighted by Gasteiger charge is 2.35. The molecule has 6 nitrogen and oxygen atoms in total. The van der Waals surface area contributed by atoms with E-state index in [2.05, 4.69) is 15.2 Å². The van der Waals surface area contributed by atoms with Gasteiger partial charge in [0.1, 0.15) is 5.82 Å². The zero-order valence-electron chi connectivity index (χ0n) is 12.3. The number of rotatable bonds is 1. The lowest BCUT2D eigenvalue weighted by molar-refractivity contribution is -0.119. The van der Waals surface area contributed by atoms with Crippen LogP contribution in [-0.4, -0.2) is 28.9 Å². The van der Waals surface area contributed by atoms with Gasteiger partial charge in [-0.2, -0.15) is 5.10 Å². The minimum atomic E-state index is -0.658. The summed E-state index contributed by atoms with van der Waals surface area (Å²) < 4.78 is 14.8. The van der Waals surface area contributed by atoms with E-state index in [4.69, 9.17) is 0 Å². The number of aromatic amines is 1. The Morgan fingerprint density at radius 3 is 2.83 bits per heavy atom. The fourth-order valence-electron chi connectivity index (χ4n) is 2.49. The van der Waals surface area contributed by atoms with Gasteiger partial charge >= 0.3 is 0 Å². The number of aliphatic imine (C=N–C) groups is 1. The third-order valence-corrected chi connectivity index (χ3v) is 4.39. The molecule has 3 rings (SSSR count). The number of aromatic nitrogens is 2. The monoisotopic (exact) mass is 426 g/mol. The lowest BCUT2D eigenvalue weighted by Crippen LogP contribution is -2.44. The van der Waals surface area contributed by atoms with Crippen molar-refractivity contribution in [2.45, 2.75) is 6.92 Å². The van der Waals surface area contributed by atoms with Gasteiger partial charge in [0.25, 0.3) is 5.56 Å². The van der Waals surface area contributed by atoms with Crippen molar-refractivity contribution >= 4 is 45.6 Å². The van der Waals surface area contributed by atoms with Crippen molar-refractivity contribution < 1.29 is 9.18 Å². The van der Waals surface area contributed by atoms with E-state index in [1.165, 1.54) is 23.2 Å². The first-order chi connectivity index (χ1) is 10.9. The lowest BCUT2D eigenvalue weighted by atomic mass is 9.92. The Morgan fingerprint density at radius 2 is 2.13 bits per heavy atom. The maximum absolute atomic E-state index is 14.1. The summed E-state index contributed by atoms with van der Waals surface area (Å²) in [7, 11) is 1.57. The quantitative estimate of drug-likeness (QED) is 0.711. The number of H-pyrrole nitrogens is 1. The van der Waals surface area contributed by atoms with E-state index in [1.807, 2.05) is 22.6 Å². The van der Waals surface area contributed by atoms with Gasteiger partial charge in [0.2, 0.25) is 5.91 Å². The fraction of sp³-hybridized carbons (Fsp3) is 0.200. The predicted molar refractivity (Wildman–Crippen MR) is 92.7 cm³/mol. The van der Waals surface area contributed by atoms with Crippen LogP contribution in [-0.2, 0) is 4.79 Å². The minimum absolute atomic E-state index is 0.0896. The zero-order chi connectivity index (χ0) is 16.7. The molecule has 0 bridgehead atoms. The van der Waals surface area contributed by atoms with Crippen LogP contribution in [0.2, 0.25) is 0 Å². The third-order valence-electron chi connectivity index (χ3n) is 3.72. The summed E-state index contributed by atoms with van der Waals surface area (Å²) >= 11 is 2.00. The van der Waals surface area contributed by atoms with E-state index in [0.29, 0.717) is 5.69 Å². The van der Waals surface area contributed by atoms with Gasteiger partial charge in [-0.1, -0.05) is 0 Å². The van der Waals surface area contributed by atoms with Crippen LogP contribution in [0.4, 0.5) is 15.8 Å². The first-order valence-corrected chi connectivity index (χ1v) is 7.87. The molecule has 0 radical (unpaired) electrons. The molecule has 2 aromatic rings. The molecular weight excluding hydrogens is 414 g/mol. The van der Waals surface area contributed by atoms with Gasteiger partial charge < -0.3 is 4.90 Å². The van der Waals surface area contributed by atoms with Crippen molar-refractivity contribution in [3.63, 3.8) is 0 Å². The molecule has 1 aromatic carbocycles. The summed E-state index contributed by atoms with van der Waals surface area (Å²) in [5, 5.41) is 6.05. The zero-order valence-corrected chi connectivity index (χ0v) is 14.5. The van der Waals surface area contributed by atoms with Crippen molar-refractivity contribution in [2.75, 3.05) is 11.9 Å². The van der Waals surface area contributed by atoms with Gasteiger partial charge in [0.05, 0.1) is 34.8 Å². The highest BCUT2D eigenvalue weighted by atomic mass is 127. The minimum Gasteiger partial charge on any atom is -0.313 e. The van der Waals surface area contributed by atoms with Crippen molar-refractivity contribution in [1.29, 1.82) is 0 Å². The van der Waals surface area contributed by atoms with E-state index >= 15 is 0 Å². The molecule has 1 aromatic heterocycles. The number of carbonyl (C=O) groups is 1. The maximum Gasteiger partial charge on any atom is 0.275 e. The number of amides is 1. The number of hydrogen-bond acceptors (Lipinski definition) is 4. The third kappa shape index (κ3) is 2.67. The van der Waals surface area contributed by atoms with Crippen LogP contribution in [0, 0.1) is 15.3 Å². The summed E-state index contributed by atoms with van der Waals surface area (Å²) in [5.41, 5.74) is 0.478. The highest BCUT2D eigenvalue weighted by Crippen LogP contribution is 2.29. The predicted octanol–water partition coefficient (Wildman–Crippen LogP) is 2.25. The smallest absolute Gasteiger partial charge is 0.275 e. The number of nitrogens with zero attached hydrogens (tertiary/aromatic N) is 3. The molecule has 1 aliphatic rings. The topological polar surface area (TPSA) is 78.4 Å². The van der Waals surface area contributed by atoms with Gasteiger partial charge in [-0.15, -0.1) is 0 Å². The van der Waals surface area contributed by atoms with Crippen LogP contribution < -0.4 is 10.5 Å². The fourth-order valence-corrected chi connectivity index (χ4v) is 2.94. The molecule has 1 aliphatic heterocycles. The van der Waals surface area contributed by atoms with Crippen molar-refractivity contribution in [2.24, 2.45) is 10.9 Å². The lowest BCUT2D eigenvalue weighted by Gasteiger charge is -2.29. The van der Waals surface area contributed by atoms with E-state index < -0.39 is 17.3 Å².